The van der Waals surface area contributed by atoms with Gasteiger partial charge in [0.05, 0.1) is 11.9 Å². The Morgan fingerprint density at radius 2 is 1.62 bits per heavy atom. The Morgan fingerprint density at radius 3 is 2.29 bits per heavy atom. The second-order valence-electron chi connectivity index (χ2n) is 5.03. The second-order valence-corrected chi connectivity index (χ2v) is 5.90. The molecule has 0 unspecified atom stereocenters. The third-order valence-corrected chi connectivity index (χ3v) is 3.71. The Morgan fingerprint density at radius 1 is 0.875 bits per heavy atom. The number of rotatable bonds is 4. The Hall–Kier alpha value is -2.56. The van der Waals surface area contributed by atoms with Gasteiger partial charge in [-0.05, 0) is 54.6 Å². The molecule has 0 saturated heterocycles. The van der Waals surface area contributed by atoms with E-state index in [-0.39, 0.29) is 5.91 Å². The molecule has 0 aliphatic heterocycles. The van der Waals surface area contributed by atoms with Crippen LogP contribution in [-0.2, 0) is 0 Å². The maximum absolute atomic E-state index is 12.1. The van der Waals surface area contributed by atoms with Gasteiger partial charge in [0.25, 0.3) is 5.91 Å². The largest absolute Gasteiger partial charge is 0.354 e. The molecule has 24 heavy (non-hydrogen) atoms. The molecule has 0 bridgehead atoms. The molecule has 120 valence electrons. The number of nitrogens with zero attached hydrogens (tertiary/aromatic N) is 1. The third kappa shape index (κ3) is 4.25. The van der Waals surface area contributed by atoms with Crippen molar-refractivity contribution in [1.82, 2.24) is 4.98 Å². The van der Waals surface area contributed by atoms with Crippen LogP contribution in [0.3, 0.4) is 0 Å². The molecule has 0 spiro atoms. The number of benzene rings is 2. The van der Waals surface area contributed by atoms with Crippen LogP contribution >= 0.6 is 23.2 Å². The van der Waals surface area contributed by atoms with Crippen LogP contribution in [0.4, 0.5) is 17.2 Å². The molecule has 1 amide bonds. The van der Waals surface area contributed by atoms with E-state index in [0.717, 1.165) is 11.4 Å². The molecule has 0 radical (unpaired) electrons. The van der Waals surface area contributed by atoms with Crippen molar-refractivity contribution in [3.05, 3.63) is 82.5 Å². The molecule has 3 rings (SSSR count). The average molecular weight is 358 g/mol. The minimum absolute atomic E-state index is 0.261. The fourth-order valence-corrected chi connectivity index (χ4v) is 2.38. The third-order valence-electron chi connectivity index (χ3n) is 3.22. The van der Waals surface area contributed by atoms with Gasteiger partial charge in [0.15, 0.2) is 0 Å². The van der Waals surface area contributed by atoms with Crippen molar-refractivity contribution in [2.45, 2.75) is 0 Å². The SMILES string of the molecule is O=C(Nc1ccc(Nc2ccc(Cl)cc2)cn1)c1cccc(Cl)c1. The quantitative estimate of drug-likeness (QED) is 0.658. The second kappa shape index (κ2) is 7.34. The van der Waals surface area contributed by atoms with Crippen molar-refractivity contribution in [3.8, 4) is 0 Å². The number of carbonyl (C=O) groups is 1. The summed E-state index contributed by atoms with van der Waals surface area (Å²) in [6, 6.07) is 17.6. The van der Waals surface area contributed by atoms with Crippen molar-refractivity contribution in [3.63, 3.8) is 0 Å². The normalized spacial score (nSPS) is 10.2. The van der Waals surface area contributed by atoms with E-state index in [9.17, 15) is 4.79 Å². The summed E-state index contributed by atoms with van der Waals surface area (Å²) in [6.07, 6.45) is 1.64. The monoisotopic (exact) mass is 357 g/mol. The van der Waals surface area contributed by atoms with E-state index in [1.807, 2.05) is 18.2 Å². The highest BCUT2D eigenvalue weighted by Gasteiger charge is 2.07. The molecular formula is C18H13Cl2N3O. The highest BCUT2D eigenvalue weighted by molar-refractivity contribution is 6.31. The molecule has 1 aromatic heterocycles. The number of carbonyl (C=O) groups excluding carboxylic acids is 1. The van der Waals surface area contributed by atoms with Gasteiger partial charge in [-0.1, -0.05) is 29.3 Å². The maximum atomic E-state index is 12.1. The molecule has 3 aromatic rings. The Kier molecular flexibility index (Phi) is 4.99. The summed E-state index contributed by atoms with van der Waals surface area (Å²) in [6.45, 7) is 0. The highest BCUT2D eigenvalue weighted by atomic mass is 35.5. The van der Waals surface area contributed by atoms with E-state index in [1.54, 1.807) is 48.7 Å². The zero-order chi connectivity index (χ0) is 16.9. The first-order valence-electron chi connectivity index (χ1n) is 7.16. The van der Waals surface area contributed by atoms with Gasteiger partial charge in [-0.3, -0.25) is 4.79 Å². The van der Waals surface area contributed by atoms with Crippen LogP contribution in [0.1, 0.15) is 10.4 Å². The highest BCUT2D eigenvalue weighted by Crippen LogP contribution is 2.19. The lowest BCUT2D eigenvalue weighted by Gasteiger charge is -2.08. The lowest BCUT2D eigenvalue weighted by Crippen LogP contribution is -2.12. The Balaban J connectivity index is 1.66. The van der Waals surface area contributed by atoms with Gasteiger partial charge < -0.3 is 10.6 Å². The predicted molar refractivity (Wildman–Crippen MR) is 98.4 cm³/mol. The van der Waals surface area contributed by atoms with Crippen LogP contribution in [0.5, 0.6) is 0 Å². The van der Waals surface area contributed by atoms with Crippen LogP contribution in [0, 0.1) is 0 Å². The van der Waals surface area contributed by atoms with Crippen LogP contribution in [0.2, 0.25) is 10.0 Å². The summed E-state index contributed by atoms with van der Waals surface area (Å²) in [5.74, 6) is 0.199. The summed E-state index contributed by atoms with van der Waals surface area (Å²) in [5.41, 5.74) is 2.18. The molecule has 0 fully saturated rings. The summed E-state index contributed by atoms with van der Waals surface area (Å²) in [5, 5.41) is 7.12. The summed E-state index contributed by atoms with van der Waals surface area (Å²) in [4.78, 5) is 16.4. The molecule has 1 heterocycles. The maximum Gasteiger partial charge on any atom is 0.256 e. The lowest BCUT2D eigenvalue weighted by molar-refractivity contribution is 0.102. The van der Waals surface area contributed by atoms with Gasteiger partial charge in [0, 0.05) is 21.3 Å². The number of amides is 1. The predicted octanol–water partition coefficient (Wildman–Crippen LogP) is 5.38. The van der Waals surface area contributed by atoms with Gasteiger partial charge in [0.2, 0.25) is 0 Å². The van der Waals surface area contributed by atoms with E-state index in [1.165, 1.54) is 0 Å². The number of hydrogen-bond donors (Lipinski definition) is 2. The first kappa shape index (κ1) is 16.3. The van der Waals surface area contributed by atoms with E-state index in [0.29, 0.717) is 21.4 Å². The van der Waals surface area contributed by atoms with Crippen molar-refractivity contribution in [2.24, 2.45) is 0 Å². The van der Waals surface area contributed by atoms with Gasteiger partial charge in [0.1, 0.15) is 5.82 Å². The minimum Gasteiger partial charge on any atom is -0.354 e. The van der Waals surface area contributed by atoms with Gasteiger partial charge >= 0.3 is 0 Å². The molecule has 0 aliphatic carbocycles. The molecule has 6 heteroatoms. The number of nitrogens with one attached hydrogen (secondary N) is 2. The standard InChI is InChI=1S/C18H13Cl2N3O/c19-13-4-6-15(7-5-13)22-16-8-9-17(21-11-16)23-18(24)12-2-1-3-14(20)10-12/h1-11,22H,(H,21,23,24). The fourth-order valence-electron chi connectivity index (χ4n) is 2.06. The van der Waals surface area contributed by atoms with Crippen LogP contribution in [-0.4, -0.2) is 10.9 Å². The average Bonchev–Trinajstić information content (AvgIpc) is 2.59. The van der Waals surface area contributed by atoms with E-state index >= 15 is 0 Å². The fraction of sp³-hybridized carbons (Fsp3) is 0. The van der Waals surface area contributed by atoms with Crippen LogP contribution in [0.15, 0.2) is 66.9 Å². The zero-order valence-corrected chi connectivity index (χ0v) is 14.0. The van der Waals surface area contributed by atoms with Gasteiger partial charge in [-0.2, -0.15) is 0 Å². The smallest absolute Gasteiger partial charge is 0.256 e. The Bertz CT molecular complexity index is 849. The van der Waals surface area contributed by atoms with Crippen molar-refractivity contribution >= 4 is 46.3 Å². The lowest BCUT2D eigenvalue weighted by atomic mass is 10.2. The molecule has 4 nitrogen and oxygen atoms in total. The number of aromatic nitrogens is 1. The molecule has 2 N–H and O–H groups in total. The molecule has 0 saturated carbocycles. The van der Waals surface area contributed by atoms with Crippen molar-refractivity contribution in [2.75, 3.05) is 10.6 Å². The van der Waals surface area contributed by atoms with Crippen molar-refractivity contribution in [1.29, 1.82) is 0 Å². The van der Waals surface area contributed by atoms with Crippen LogP contribution in [0.25, 0.3) is 0 Å². The topological polar surface area (TPSA) is 54.0 Å². The van der Waals surface area contributed by atoms with Crippen molar-refractivity contribution < 1.29 is 4.79 Å². The zero-order valence-electron chi connectivity index (χ0n) is 12.5. The first-order valence-corrected chi connectivity index (χ1v) is 7.91. The Labute approximate surface area is 149 Å². The first-order chi connectivity index (χ1) is 11.6. The minimum atomic E-state index is -0.261. The van der Waals surface area contributed by atoms with Gasteiger partial charge in [-0.25, -0.2) is 4.98 Å². The van der Waals surface area contributed by atoms with E-state index < -0.39 is 0 Å². The number of halogens is 2. The molecule has 0 aliphatic rings. The van der Waals surface area contributed by atoms with E-state index in [4.69, 9.17) is 23.2 Å². The summed E-state index contributed by atoms with van der Waals surface area (Å²) >= 11 is 11.7. The van der Waals surface area contributed by atoms with Crippen LogP contribution < -0.4 is 10.6 Å². The number of pyridine rings is 1. The molecular weight excluding hydrogens is 345 g/mol. The number of hydrogen-bond acceptors (Lipinski definition) is 3. The van der Waals surface area contributed by atoms with E-state index in [2.05, 4.69) is 15.6 Å². The molecule has 0 atom stereocenters. The molecule has 2 aromatic carbocycles. The number of anilines is 3. The van der Waals surface area contributed by atoms with Gasteiger partial charge in [-0.15, -0.1) is 0 Å². The summed E-state index contributed by atoms with van der Waals surface area (Å²) < 4.78 is 0. The summed E-state index contributed by atoms with van der Waals surface area (Å²) in [7, 11) is 0.